The van der Waals surface area contributed by atoms with Gasteiger partial charge in [-0.3, -0.25) is 0 Å². The van der Waals surface area contributed by atoms with E-state index >= 15 is 0 Å². The summed E-state index contributed by atoms with van der Waals surface area (Å²) in [7, 11) is 0. The Morgan fingerprint density at radius 3 is 2.46 bits per heavy atom. The lowest BCUT2D eigenvalue weighted by Gasteiger charge is -2.10. The number of nitrogens with zero attached hydrogens (tertiary/aromatic N) is 2. The van der Waals surface area contributed by atoms with Crippen LogP contribution in [0.15, 0.2) is 36.4 Å². The molecule has 5 heteroatoms. The van der Waals surface area contributed by atoms with Gasteiger partial charge in [0.25, 0.3) is 0 Å². The summed E-state index contributed by atoms with van der Waals surface area (Å²) in [6.45, 7) is 7.36. The number of hydrogen-bond donors (Lipinski definition) is 1. The zero-order valence-corrected chi connectivity index (χ0v) is 14.0. The van der Waals surface area contributed by atoms with Crippen molar-refractivity contribution in [3.8, 4) is 5.75 Å². The van der Waals surface area contributed by atoms with Gasteiger partial charge >= 0.3 is 5.97 Å². The van der Waals surface area contributed by atoms with Gasteiger partial charge in [0.2, 0.25) is 0 Å². The number of carboxylic acids is 1. The molecule has 5 nitrogen and oxygen atoms in total. The van der Waals surface area contributed by atoms with E-state index in [1.807, 2.05) is 6.92 Å². The normalized spacial score (nSPS) is 11.0. The van der Waals surface area contributed by atoms with E-state index in [0.29, 0.717) is 18.9 Å². The minimum atomic E-state index is -0.937. The van der Waals surface area contributed by atoms with Gasteiger partial charge in [-0.05, 0) is 68.3 Å². The van der Waals surface area contributed by atoms with Crippen LogP contribution in [-0.4, -0.2) is 27.2 Å². The van der Waals surface area contributed by atoms with Crippen molar-refractivity contribution in [2.45, 2.75) is 27.3 Å². The van der Waals surface area contributed by atoms with E-state index < -0.39 is 5.97 Å². The molecule has 1 aromatic heterocycles. The van der Waals surface area contributed by atoms with Gasteiger partial charge in [-0.1, -0.05) is 0 Å². The molecule has 3 aromatic rings. The topological polar surface area (TPSA) is 64.4 Å². The number of aromatic nitrogens is 2. The summed E-state index contributed by atoms with van der Waals surface area (Å²) in [6, 6.07) is 10.7. The van der Waals surface area contributed by atoms with Gasteiger partial charge in [-0.15, -0.1) is 0 Å². The molecule has 0 spiro atoms. The molecule has 0 bridgehead atoms. The third kappa shape index (κ3) is 3.11. The quantitative estimate of drug-likeness (QED) is 0.776. The van der Waals surface area contributed by atoms with E-state index in [1.165, 1.54) is 11.1 Å². The maximum atomic E-state index is 10.8. The van der Waals surface area contributed by atoms with Crippen LogP contribution in [0.4, 0.5) is 0 Å². The number of ether oxygens (including phenoxy) is 1. The summed E-state index contributed by atoms with van der Waals surface area (Å²) in [5.74, 6) is 0.682. The smallest absolute Gasteiger partial charge is 0.335 e. The van der Waals surface area contributed by atoms with Crippen LogP contribution >= 0.6 is 0 Å². The lowest BCUT2D eigenvalue weighted by Crippen LogP contribution is -2.09. The molecule has 0 atom stereocenters. The molecule has 0 radical (unpaired) electrons. The van der Waals surface area contributed by atoms with Gasteiger partial charge in [0.05, 0.1) is 23.1 Å². The first-order valence-corrected chi connectivity index (χ1v) is 7.86. The zero-order chi connectivity index (χ0) is 17.3. The second kappa shape index (κ2) is 6.35. The number of fused-ring (bicyclic) bond motifs is 1. The molecule has 0 aliphatic rings. The van der Waals surface area contributed by atoms with E-state index in [4.69, 9.17) is 9.84 Å². The maximum absolute atomic E-state index is 10.8. The van der Waals surface area contributed by atoms with Gasteiger partial charge in [-0.2, -0.15) is 0 Å². The van der Waals surface area contributed by atoms with Gasteiger partial charge in [-0.25, -0.2) is 9.78 Å². The molecule has 0 unspecified atom stereocenters. The number of rotatable bonds is 5. The minimum Gasteiger partial charge on any atom is -0.492 e. The molecule has 124 valence electrons. The average molecular weight is 324 g/mol. The highest BCUT2D eigenvalue weighted by Gasteiger charge is 2.09. The van der Waals surface area contributed by atoms with Crippen molar-refractivity contribution in [1.29, 1.82) is 0 Å². The predicted molar refractivity (Wildman–Crippen MR) is 92.8 cm³/mol. The molecule has 3 rings (SSSR count). The highest BCUT2D eigenvalue weighted by molar-refractivity contribution is 5.87. The summed E-state index contributed by atoms with van der Waals surface area (Å²) < 4.78 is 7.88. The Morgan fingerprint density at radius 2 is 1.79 bits per heavy atom. The Balaban J connectivity index is 1.72. The summed E-state index contributed by atoms with van der Waals surface area (Å²) >= 11 is 0. The lowest BCUT2D eigenvalue weighted by molar-refractivity contribution is 0.0697. The van der Waals surface area contributed by atoms with E-state index in [0.717, 1.165) is 16.9 Å². The molecule has 0 saturated carbocycles. The summed E-state index contributed by atoms with van der Waals surface area (Å²) in [4.78, 5) is 15.5. The molecule has 1 heterocycles. The second-order valence-electron chi connectivity index (χ2n) is 5.91. The number of aryl methyl sites for hydroxylation is 3. The van der Waals surface area contributed by atoms with Crippen molar-refractivity contribution >= 4 is 17.0 Å². The second-order valence-corrected chi connectivity index (χ2v) is 5.91. The maximum Gasteiger partial charge on any atom is 0.335 e. The van der Waals surface area contributed by atoms with Gasteiger partial charge in [0.15, 0.2) is 0 Å². The van der Waals surface area contributed by atoms with Gasteiger partial charge in [0.1, 0.15) is 18.2 Å². The molecule has 0 aliphatic carbocycles. The molecule has 0 fully saturated rings. The van der Waals surface area contributed by atoms with Crippen LogP contribution in [-0.2, 0) is 6.54 Å². The lowest BCUT2D eigenvalue weighted by atomic mass is 10.1. The van der Waals surface area contributed by atoms with E-state index in [-0.39, 0.29) is 5.56 Å². The fourth-order valence-electron chi connectivity index (χ4n) is 2.73. The summed E-state index contributed by atoms with van der Waals surface area (Å²) in [5.41, 5.74) is 4.85. The first-order chi connectivity index (χ1) is 11.5. The van der Waals surface area contributed by atoms with Crippen LogP contribution < -0.4 is 4.74 Å². The number of hydrogen-bond acceptors (Lipinski definition) is 3. The van der Waals surface area contributed by atoms with Crippen molar-refractivity contribution < 1.29 is 14.6 Å². The molecular weight excluding hydrogens is 304 g/mol. The van der Waals surface area contributed by atoms with Gasteiger partial charge < -0.3 is 14.4 Å². The van der Waals surface area contributed by atoms with E-state index in [1.54, 1.807) is 24.3 Å². The first-order valence-electron chi connectivity index (χ1n) is 7.86. The van der Waals surface area contributed by atoms with Crippen LogP contribution in [0, 0.1) is 20.8 Å². The summed E-state index contributed by atoms with van der Waals surface area (Å²) in [6.07, 6.45) is 0. The Morgan fingerprint density at radius 1 is 1.12 bits per heavy atom. The summed E-state index contributed by atoms with van der Waals surface area (Å²) in [5, 5.41) is 8.90. The number of imidazole rings is 1. The van der Waals surface area contributed by atoms with Crippen LogP contribution in [0.1, 0.15) is 27.3 Å². The van der Waals surface area contributed by atoms with Crippen molar-refractivity contribution in [3.63, 3.8) is 0 Å². The predicted octanol–water partition coefficient (Wildman–Crippen LogP) is 3.74. The number of carboxylic acid groups (broad SMARTS) is 1. The largest absolute Gasteiger partial charge is 0.492 e. The number of aromatic carboxylic acids is 1. The SMILES string of the molecule is Cc1cc2nc(C)n(CCOc3ccc(C(=O)O)cc3)c2cc1C. The third-order valence-corrected chi connectivity index (χ3v) is 4.24. The Bertz CT molecular complexity index is 895. The fourth-order valence-corrected chi connectivity index (χ4v) is 2.73. The molecule has 24 heavy (non-hydrogen) atoms. The fraction of sp³-hybridized carbons (Fsp3) is 0.263. The third-order valence-electron chi connectivity index (χ3n) is 4.24. The van der Waals surface area contributed by atoms with Crippen LogP contribution in [0.5, 0.6) is 5.75 Å². The van der Waals surface area contributed by atoms with Crippen molar-refractivity contribution in [1.82, 2.24) is 9.55 Å². The molecule has 0 aliphatic heterocycles. The molecular formula is C19H20N2O3. The molecule has 2 aromatic carbocycles. The Kier molecular flexibility index (Phi) is 4.25. The van der Waals surface area contributed by atoms with E-state index in [9.17, 15) is 4.79 Å². The van der Waals surface area contributed by atoms with Crippen LogP contribution in [0.25, 0.3) is 11.0 Å². The molecule has 1 N–H and O–H groups in total. The molecule has 0 amide bonds. The first kappa shape index (κ1) is 16.1. The van der Waals surface area contributed by atoms with Crippen LogP contribution in [0.3, 0.4) is 0 Å². The van der Waals surface area contributed by atoms with E-state index in [2.05, 4.69) is 35.5 Å². The van der Waals surface area contributed by atoms with Crippen molar-refractivity contribution in [2.24, 2.45) is 0 Å². The van der Waals surface area contributed by atoms with Gasteiger partial charge in [0, 0.05) is 0 Å². The average Bonchev–Trinajstić information content (AvgIpc) is 2.84. The minimum absolute atomic E-state index is 0.254. The van der Waals surface area contributed by atoms with Crippen LogP contribution in [0.2, 0.25) is 0 Å². The zero-order valence-electron chi connectivity index (χ0n) is 14.0. The number of carbonyl (C=O) groups is 1. The Hall–Kier alpha value is -2.82. The highest BCUT2D eigenvalue weighted by Crippen LogP contribution is 2.21. The highest BCUT2D eigenvalue weighted by atomic mass is 16.5. The van der Waals surface area contributed by atoms with Crippen molar-refractivity contribution in [2.75, 3.05) is 6.61 Å². The Labute approximate surface area is 140 Å². The van der Waals surface area contributed by atoms with Crippen molar-refractivity contribution in [3.05, 3.63) is 58.9 Å². The standard InChI is InChI=1S/C19H20N2O3/c1-12-10-17-18(11-13(12)2)21(14(3)20-17)8-9-24-16-6-4-15(5-7-16)19(22)23/h4-7,10-11H,8-9H2,1-3H3,(H,22,23). The molecule has 0 saturated heterocycles. The number of benzene rings is 2. The monoisotopic (exact) mass is 324 g/mol.